The van der Waals surface area contributed by atoms with Crippen molar-refractivity contribution in [3.63, 3.8) is 0 Å². The molecule has 2 atom stereocenters. The fourth-order valence-electron chi connectivity index (χ4n) is 2.55. The van der Waals surface area contributed by atoms with Gasteiger partial charge in [-0.25, -0.2) is 0 Å². The number of benzene rings is 1. The van der Waals surface area contributed by atoms with E-state index in [4.69, 9.17) is 0 Å². The summed E-state index contributed by atoms with van der Waals surface area (Å²) in [6, 6.07) is 10.1. The molecule has 0 amide bonds. The highest BCUT2D eigenvalue weighted by atomic mass is 16.3. The zero-order chi connectivity index (χ0) is 11.2. The van der Waals surface area contributed by atoms with Crippen molar-refractivity contribution in [1.82, 2.24) is 4.98 Å². The van der Waals surface area contributed by atoms with Crippen LogP contribution in [0.2, 0.25) is 0 Å². The Kier molecular flexibility index (Phi) is 2.01. The number of aliphatic hydroxyl groups is 1. The minimum absolute atomic E-state index is 0.380. The maximum absolute atomic E-state index is 10.5. The Morgan fingerprint density at radius 1 is 1.38 bits per heavy atom. The maximum atomic E-state index is 10.5. The molecule has 1 aliphatic carbocycles. The number of aromatic nitrogens is 1. The van der Waals surface area contributed by atoms with Crippen molar-refractivity contribution in [2.75, 3.05) is 0 Å². The molecular weight excluding hydrogens is 198 g/mol. The van der Waals surface area contributed by atoms with Gasteiger partial charge >= 0.3 is 0 Å². The quantitative estimate of drug-likeness (QED) is 0.832. The van der Waals surface area contributed by atoms with Gasteiger partial charge in [0.2, 0.25) is 0 Å². The molecule has 0 aliphatic heterocycles. The van der Waals surface area contributed by atoms with Crippen molar-refractivity contribution in [3.8, 4) is 0 Å². The van der Waals surface area contributed by atoms with E-state index in [0.717, 1.165) is 29.3 Å². The fourth-order valence-corrected chi connectivity index (χ4v) is 2.55. The van der Waals surface area contributed by atoms with Gasteiger partial charge in [-0.05, 0) is 23.8 Å². The molecule has 1 heterocycles. The average Bonchev–Trinajstić information content (AvgIpc) is 3.01. The van der Waals surface area contributed by atoms with Crippen molar-refractivity contribution in [2.45, 2.75) is 25.4 Å². The van der Waals surface area contributed by atoms with Gasteiger partial charge in [-0.2, -0.15) is 0 Å². The Morgan fingerprint density at radius 3 is 2.94 bits per heavy atom. The summed E-state index contributed by atoms with van der Waals surface area (Å²) in [4.78, 5) is 4.39. The smallest absolute Gasteiger partial charge is 0.110 e. The molecule has 1 saturated carbocycles. The van der Waals surface area contributed by atoms with Crippen LogP contribution in [-0.4, -0.2) is 10.1 Å². The molecule has 1 aromatic carbocycles. The molecule has 1 fully saturated rings. The second kappa shape index (κ2) is 3.29. The number of nitrogens with zero attached hydrogens (tertiary/aromatic N) is 1. The zero-order valence-electron chi connectivity index (χ0n) is 9.35. The van der Waals surface area contributed by atoms with Crippen LogP contribution in [0.1, 0.15) is 25.5 Å². The molecule has 2 heteroatoms. The third-order valence-corrected chi connectivity index (χ3v) is 3.65. The molecule has 0 bridgehead atoms. The van der Waals surface area contributed by atoms with Crippen molar-refractivity contribution >= 4 is 10.8 Å². The normalized spacial score (nSPS) is 28.2. The Bertz CT molecular complexity index is 532. The molecule has 0 saturated heterocycles. The first-order valence-electron chi connectivity index (χ1n) is 5.82. The first kappa shape index (κ1) is 9.79. The molecule has 0 spiro atoms. The molecule has 1 aromatic heterocycles. The minimum Gasteiger partial charge on any atom is -0.383 e. The van der Waals surface area contributed by atoms with E-state index in [-0.39, 0.29) is 0 Å². The third-order valence-electron chi connectivity index (χ3n) is 3.65. The number of rotatable bonds is 2. The van der Waals surface area contributed by atoms with Crippen LogP contribution >= 0.6 is 0 Å². The minimum atomic E-state index is -0.671. The summed E-state index contributed by atoms with van der Waals surface area (Å²) in [5.74, 6) is 0.380. The summed E-state index contributed by atoms with van der Waals surface area (Å²) >= 11 is 0. The van der Waals surface area contributed by atoms with Gasteiger partial charge < -0.3 is 5.11 Å². The molecule has 2 unspecified atom stereocenters. The van der Waals surface area contributed by atoms with Crippen LogP contribution in [0.5, 0.6) is 0 Å². The molecule has 82 valence electrons. The van der Waals surface area contributed by atoms with Crippen molar-refractivity contribution in [3.05, 3.63) is 42.2 Å². The predicted octanol–water partition coefficient (Wildman–Crippen LogP) is 2.85. The zero-order valence-corrected chi connectivity index (χ0v) is 9.35. The van der Waals surface area contributed by atoms with E-state index in [9.17, 15) is 5.11 Å². The van der Waals surface area contributed by atoms with Gasteiger partial charge in [-0.15, -0.1) is 0 Å². The van der Waals surface area contributed by atoms with Crippen LogP contribution in [0.3, 0.4) is 0 Å². The van der Waals surface area contributed by atoms with Gasteiger partial charge in [0.1, 0.15) is 5.60 Å². The van der Waals surface area contributed by atoms with Crippen molar-refractivity contribution < 1.29 is 5.11 Å². The Balaban J connectivity index is 2.18. The second-order valence-electron chi connectivity index (χ2n) is 4.61. The lowest BCUT2D eigenvalue weighted by atomic mass is 10.0. The molecular formula is C14H15NO. The van der Waals surface area contributed by atoms with Gasteiger partial charge in [-0.3, -0.25) is 4.98 Å². The molecule has 1 N–H and O–H groups in total. The molecule has 16 heavy (non-hydrogen) atoms. The Labute approximate surface area is 94.9 Å². The van der Waals surface area contributed by atoms with Gasteiger partial charge in [-0.1, -0.05) is 37.6 Å². The number of hydrogen-bond acceptors (Lipinski definition) is 2. The van der Waals surface area contributed by atoms with Gasteiger partial charge in [0, 0.05) is 11.6 Å². The van der Waals surface area contributed by atoms with Crippen LogP contribution in [0.15, 0.2) is 36.5 Å². The van der Waals surface area contributed by atoms with E-state index >= 15 is 0 Å². The monoisotopic (exact) mass is 213 g/mol. The van der Waals surface area contributed by atoms with E-state index in [1.54, 1.807) is 6.20 Å². The molecule has 1 aliphatic rings. The van der Waals surface area contributed by atoms with E-state index < -0.39 is 5.60 Å². The summed E-state index contributed by atoms with van der Waals surface area (Å²) in [6.07, 6.45) is 3.66. The second-order valence-corrected chi connectivity index (χ2v) is 4.61. The Hall–Kier alpha value is -1.41. The molecule has 2 nitrogen and oxygen atoms in total. The highest BCUT2D eigenvalue weighted by Crippen LogP contribution is 2.54. The van der Waals surface area contributed by atoms with E-state index in [2.05, 4.69) is 18.0 Å². The predicted molar refractivity (Wildman–Crippen MR) is 64.0 cm³/mol. The van der Waals surface area contributed by atoms with Crippen molar-refractivity contribution in [1.29, 1.82) is 0 Å². The van der Waals surface area contributed by atoms with Crippen LogP contribution in [0.25, 0.3) is 10.8 Å². The molecule has 3 rings (SSSR count). The van der Waals surface area contributed by atoms with Gasteiger partial charge in [0.15, 0.2) is 0 Å². The third kappa shape index (κ3) is 1.26. The fraction of sp³-hybridized carbons (Fsp3) is 0.357. The highest BCUT2D eigenvalue weighted by Gasteiger charge is 2.54. The number of pyridine rings is 1. The standard InChI is InChI=1S/C14H15NO/c1-2-11-9-14(11,16)13-12-6-4-3-5-10(12)7-8-15-13/h3-8,11,16H,2,9H2,1H3. The van der Waals surface area contributed by atoms with E-state index in [1.165, 1.54) is 0 Å². The van der Waals surface area contributed by atoms with E-state index in [0.29, 0.717) is 5.92 Å². The van der Waals surface area contributed by atoms with E-state index in [1.807, 2.05) is 24.3 Å². The summed E-state index contributed by atoms with van der Waals surface area (Å²) in [6.45, 7) is 2.12. The van der Waals surface area contributed by atoms with Gasteiger partial charge in [0.05, 0.1) is 5.69 Å². The largest absolute Gasteiger partial charge is 0.383 e. The number of fused-ring (bicyclic) bond motifs is 1. The molecule has 0 radical (unpaired) electrons. The summed E-state index contributed by atoms with van der Waals surface area (Å²) in [5.41, 5.74) is 0.188. The molecule has 2 aromatic rings. The summed E-state index contributed by atoms with van der Waals surface area (Å²) in [7, 11) is 0. The lowest BCUT2D eigenvalue weighted by molar-refractivity contribution is 0.127. The number of hydrogen-bond donors (Lipinski definition) is 1. The first-order valence-corrected chi connectivity index (χ1v) is 5.82. The summed E-state index contributed by atoms with van der Waals surface area (Å²) in [5, 5.41) is 12.7. The topological polar surface area (TPSA) is 33.1 Å². The van der Waals surface area contributed by atoms with Crippen LogP contribution in [0.4, 0.5) is 0 Å². The van der Waals surface area contributed by atoms with Crippen LogP contribution < -0.4 is 0 Å². The van der Waals surface area contributed by atoms with Crippen molar-refractivity contribution in [2.24, 2.45) is 5.92 Å². The Morgan fingerprint density at radius 2 is 2.19 bits per heavy atom. The first-order chi connectivity index (χ1) is 7.75. The lowest BCUT2D eigenvalue weighted by Gasteiger charge is -2.12. The SMILES string of the molecule is CCC1CC1(O)c1nccc2ccccc12. The van der Waals surface area contributed by atoms with Gasteiger partial charge in [0.25, 0.3) is 0 Å². The van der Waals surface area contributed by atoms with Crippen LogP contribution in [-0.2, 0) is 5.60 Å². The van der Waals surface area contributed by atoms with Crippen LogP contribution in [0, 0.1) is 5.92 Å². The highest BCUT2D eigenvalue weighted by molar-refractivity contribution is 5.85. The maximum Gasteiger partial charge on any atom is 0.110 e. The summed E-state index contributed by atoms with van der Waals surface area (Å²) < 4.78 is 0. The lowest BCUT2D eigenvalue weighted by Crippen LogP contribution is -2.11. The average molecular weight is 213 g/mol.